The molecule has 0 aromatic heterocycles. The first-order valence-corrected chi connectivity index (χ1v) is 17.9. The standard InChI is InChI=1S/C41H45F3N2O5/c1-26(2)25-46(35(48)16-13-29-11-8-12-31(23-29)41(42,43)44)32-17-19-40(51-27(3)47)34-24-30-14-15-33(49-4)37-36(30)39(40,38(32)50-37)20-22-45(34)21-18-28-9-6-5-7-10-28/h5-16,23,26,32,34,38H,17-22,24-25H2,1-4H3/t32-,34-,38+,39+,40-/m1/s1. The van der Waals surface area contributed by atoms with E-state index in [1.165, 1.54) is 30.7 Å². The molecule has 0 radical (unpaired) electrons. The van der Waals surface area contributed by atoms with Gasteiger partial charge in [0.2, 0.25) is 5.91 Å². The molecule has 2 aliphatic heterocycles. The van der Waals surface area contributed by atoms with Crippen molar-refractivity contribution in [3.05, 3.63) is 101 Å². The predicted octanol–water partition coefficient (Wildman–Crippen LogP) is 7.25. The monoisotopic (exact) mass is 702 g/mol. The summed E-state index contributed by atoms with van der Waals surface area (Å²) in [6.45, 7) is 7.53. The van der Waals surface area contributed by atoms with Crippen molar-refractivity contribution in [3.8, 4) is 11.5 Å². The van der Waals surface area contributed by atoms with E-state index in [2.05, 4.69) is 23.1 Å². The van der Waals surface area contributed by atoms with Gasteiger partial charge in [-0.05, 0) is 85.5 Å². The third-order valence-electron chi connectivity index (χ3n) is 11.4. The van der Waals surface area contributed by atoms with Crippen LogP contribution in [-0.2, 0) is 38.8 Å². The first kappa shape index (κ1) is 35.1. The Morgan fingerprint density at radius 2 is 1.86 bits per heavy atom. The lowest BCUT2D eigenvalue weighted by Crippen LogP contribution is -2.79. The summed E-state index contributed by atoms with van der Waals surface area (Å²) in [6, 6.07) is 18.9. The van der Waals surface area contributed by atoms with E-state index in [1.807, 2.05) is 43.0 Å². The fourth-order valence-corrected chi connectivity index (χ4v) is 9.56. The van der Waals surface area contributed by atoms with Crippen LogP contribution < -0.4 is 9.47 Å². The van der Waals surface area contributed by atoms with E-state index >= 15 is 0 Å². The molecule has 0 unspecified atom stereocenters. The molecule has 7 nitrogen and oxygen atoms in total. The number of nitrogens with zero attached hydrogens (tertiary/aromatic N) is 2. The van der Waals surface area contributed by atoms with Gasteiger partial charge in [-0.1, -0.05) is 62.4 Å². The molecule has 10 heteroatoms. The second kappa shape index (κ2) is 13.3. The summed E-state index contributed by atoms with van der Waals surface area (Å²) in [7, 11) is 1.61. The third-order valence-corrected chi connectivity index (χ3v) is 11.4. The average molecular weight is 703 g/mol. The molecule has 5 atom stereocenters. The molecule has 3 aromatic rings. The van der Waals surface area contributed by atoms with Crippen LogP contribution in [-0.4, -0.2) is 72.2 Å². The summed E-state index contributed by atoms with van der Waals surface area (Å²) in [5, 5.41) is 0. The first-order valence-electron chi connectivity index (χ1n) is 17.9. The number of hydrogen-bond acceptors (Lipinski definition) is 6. The minimum absolute atomic E-state index is 0.0985. The zero-order valence-corrected chi connectivity index (χ0v) is 29.5. The molecule has 7 rings (SSSR count). The van der Waals surface area contributed by atoms with Gasteiger partial charge in [-0.15, -0.1) is 0 Å². The minimum Gasteiger partial charge on any atom is -0.493 e. The highest BCUT2D eigenvalue weighted by atomic mass is 19.4. The van der Waals surface area contributed by atoms with Gasteiger partial charge in [0.05, 0.1) is 30.2 Å². The van der Waals surface area contributed by atoms with E-state index in [9.17, 15) is 22.8 Å². The SMILES string of the molecule is COc1ccc2c3c1O[C@H]1[C@H](N(CC(C)C)C(=O)C=Cc4cccc(C(F)(F)F)c4)CC[C@@]4(OC(C)=O)[C@@H](C2)N(CCc2ccccc2)CC[C@]314. The number of esters is 1. The lowest BCUT2D eigenvalue weighted by atomic mass is 9.48. The molecular formula is C41H45F3N2O5. The Morgan fingerprint density at radius 3 is 2.57 bits per heavy atom. The van der Waals surface area contributed by atoms with Crippen molar-refractivity contribution >= 4 is 18.0 Å². The Morgan fingerprint density at radius 1 is 1.08 bits per heavy atom. The van der Waals surface area contributed by atoms with Gasteiger partial charge < -0.3 is 19.1 Å². The lowest BCUT2D eigenvalue weighted by Gasteiger charge is -2.65. The molecule has 1 saturated heterocycles. The zero-order chi connectivity index (χ0) is 36.1. The van der Waals surface area contributed by atoms with Crippen LogP contribution in [0.1, 0.15) is 67.9 Å². The number of piperidine rings is 1. The van der Waals surface area contributed by atoms with Crippen molar-refractivity contribution < 1.29 is 37.0 Å². The molecule has 0 N–H and O–H groups in total. The third kappa shape index (κ3) is 5.99. The van der Waals surface area contributed by atoms with Crippen LogP contribution >= 0.6 is 0 Å². The van der Waals surface area contributed by atoms with Crippen LogP contribution in [0.15, 0.2) is 72.8 Å². The summed E-state index contributed by atoms with van der Waals surface area (Å²) in [5.74, 6) is 0.698. The molecule has 51 heavy (non-hydrogen) atoms. The Hall–Kier alpha value is -4.31. The highest BCUT2D eigenvalue weighted by Crippen LogP contribution is 2.67. The summed E-state index contributed by atoms with van der Waals surface area (Å²) in [4.78, 5) is 31.7. The number of carbonyl (C=O) groups excluding carboxylic acids is 2. The predicted molar refractivity (Wildman–Crippen MR) is 187 cm³/mol. The highest BCUT2D eigenvalue weighted by Gasteiger charge is 2.75. The number of methoxy groups -OCH3 is 1. The molecule has 2 heterocycles. The van der Waals surface area contributed by atoms with Gasteiger partial charge in [0.25, 0.3) is 0 Å². The number of halogens is 3. The molecule has 1 saturated carbocycles. The van der Waals surface area contributed by atoms with Gasteiger partial charge in [0.15, 0.2) is 11.5 Å². The molecule has 2 bridgehead atoms. The topological polar surface area (TPSA) is 68.3 Å². The normalized spacial score (nSPS) is 26.5. The maximum Gasteiger partial charge on any atom is 0.416 e. The number of likely N-dealkylation sites (tertiary alicyclic amines) is 1. The Labute approximate surface area is 297 Å². The van der Waals surface area contributed by atoms with E-state index in [4.69, 9.17) is 14.2 Å². The molecule has 1 spiro atoms. The summed E-state index contributed by atoms with van der Waals surface area (Å²) >= 11 is 0. The Balaban J connectivity index is 1.29. The fraction of sp³-hybridized carbons (Fsp3) is 0.463. The van der Waals surface area contributed by atoms with Gasteiger partial charge in [0.1, 0.15) is 11.7 Å². The van der Waals surface area contributed by atoms with E-state index in [0.717, 1.165) is 42.8 Å². The maximum absolute atomic E-state index is 14.2. The van der Waals surface area contributed by atoms with Crippen molar-refractivity contribution in [2.45, 2.75) is 88.3 Å². The van der Waals surface area contributed by atoms with Crippen LogP contribution in [0.5, 0.6) is 11.5 Å². The van der Waals surface area contributed by atoms with Gasteiger partial charge in [-0.2, -0.15) is 13.2 Å². The lowest BCUT2D eigenvalue weighted by molar-refractivity contribution is -0.224. The van der Waals surface area contributed by atoms with Crippen molar-refractivity contribution in [2.75, 3.05) is 26.7 Å². The second-order valence-electron chi connectivity index (χ2n) is 14.8. The van der Waals surface area contributed by atoms with Crippen molar-refractivity contribution in [2.24, 2.45) is 5.92 Å². The Kier molecular flexibility index (Phi) is 9.19. The van der Waals surface area contributed by atoms with E-state index in [1.54, 1.807) is 13.2 Å². The Bertz CT molecular complexity index is 1830. The number of amides is 1. The van der Waals surface area contributed by atoms with Gasteiger partial charge in [-0.3, -0.25) is 14.5 Å². The van der Waals surface area contributed by atoms with E-state index in [0.29, 0.717) is 43.7 Å². The van der Waals surface area contributed by atoms with Crippen molar-refractivity contribution in [1.82, 2.24) is 9.80 Å². The zero-order valence-electron chi connectivity index (χ0n) is 29.5. The number of alkyl halides is 3. The first-order chi connectivity index (χ1) is 24.4. The van der Waals surface area contributed by atoms with Crippen molar-refractivity contribution in [1.29, 1.82) is 0 Å². The van der Waals surface area contributed by atoms with Crippen LogP contribution in [0.25, 0.3) is 6.08 Å². The minimum atomic E-state index is -4.49. The highest BCUT2D eigenvalue weighted by molar-refractivity contribution is 5.92. The molecule has 270 valence electrons. The van der Waals surface area contributed by atoms with Crippen LogP contribution in [0.4, 0.5) is 13.2 Å². The smallest absolute Gasteiger partial charge is 0.416 e. The van der Waals surface area contributed by atoms with Crippen LogP contribution in [0, 0.1) is 5.92 Å². The number of carbonyl (C=O) groups is 2. The number of ether oxygens (including phenoxy) is 3. The van der Waals surface area contributed by atoms with E-state index < -0.39 is 34.9 Å². The van der Waals surface area contributed by atoms with Gasteiger partial charge in [0, 0.05) is 31.7 Å². The summed E-state index contributed by atoms with van der Waals surface area (Å²) < 4.78 is 59.9. The summed E-state index contributed by atoms with van der Waals surface area (Å²) in [5.41, 5.74) is 1.27. The average Bonchev–Trinajstić information content (AvgIpc) is 3.45. The van der Waals surface area contributed by atoms with Crippen molar-refractivity contribution in [3.63, 3.8) is 0 Å². The maximum atomic E-state index is 14.2. The molecule has 2 fully saturated rings. The largest absolute Gasteiger partial charge is 0.493 e. The fourth-order valence-electron chi connectivity index (χ4n) is 9.56. The van der Waals surface area contributed by atoms with Gasteiger partial charge >= 0.3 is 12.1 Å². The summed E-state index contributed by atoms with van der Waals surface area (Å²) in [6.07, 6.45) is 1.03. The van der Waals surface area contributed by atoms with E-state index in [-0.39, 0.29) is 29.4 Å². The quantitative estimate of drug-likeness (QED) is 0.164. The van der Waals surface area contributed by atoms with Crippen LogP contribution in [0.2, 0.25) is 0 Å². The second-order valence-corrected chi connectivity index (χ2v) is 14.8. The number of hydrogen-bond donors (Lipinski definition) is 0. The number of rotatable bonds is 10. The molecular weight excluding hydrogens is 657 g/mol. The molecule has 4 aliphatic rings. The van der Waals surface area contributed by atoms with Gasteiger partial charge in [-0.25, -0.2) is 0 Å². The molecule has 1 amide bonds. The molecule has 2 aliphatic carbocycles. The van der Waals surface area contributed by atoms with Crippen LogP contribution in [0.3, 0.4) is 0 Å². The molecule has 3 aromatic carbocycles. The number of benzene rings is 3.